The van der Waals surface area contributed by atoms with Crippen LogP contribution in [0.25, 0.3) is 5.70 Å². The summed E-state index contributed by atoms with van der Waals surface area (Å²) in [6, 6.07) is 7.89. The van der Waals surface area contributed by atoms with E-state index in [1.54, 1.807) is 25.6 Å². The first kappa shape index (κ1) is 16.5. The molecule has 0 aliphatic carbocycles. The Morgan fingerprint density at radius 1 is 1.18 bits per heavy atom. The third kappa shape index (κ3) is 3.15. The molecule has 22 heavy (non-hydrogen) atoms. The zero-order valence-electron chi connectivity index (χ0n) is 12.8. The Kier molecular flexibility index (Phi) is 5.21. The fourth-order valence-electron chi connectivity index (χ4n) is 2.42. The zero-order valence-corrected chi connectivity index (χ0v) is 14.4. The summed E-state index contributed by atoms with van der Waals surface area (Å²) in [5.41, 5.74) is 3.23. The van der Waals surface area contributed by atoms with Crippen LogP contribution >= 0.6 is 23.7 Å². The van der Waals surface area contributed by atoms with Gasteiger partial charge in [-0.15, -0.1) is 23.7 Å². The second-order valence-electron chi connectivity index (χ2n) is 4.91. The minimum atomic E-state index is 0. The highest BCUT2D eigenvalue weighted by molar-refractivity contribution is 7.10. The quantitative estimate of drug-likeness (QED) is 0.912. The van der Waals surface area contributed by atoms with Crippen LogP contribution in [0.1, 0.15) is 10.4 Å². The summed E-state index contributed by atoms with van der Waals surface area (Å²) in [6.45, 7) is 0.952. The molecule has 1 aromatic heterocycles. The Morgan fingerprint density at radius 2 is 2.00 bits per heavy atom. The summed E-state index contributed by atoms with van der Waals surface area (Å²) in [4.78, 5) is 3.54. The van der Waals surface area contributed by atoms with E-state index in [0.717, 1.165) is 29.4 Å². The van der Waals surface area contributed by atoms with Crippen molar-refractivity contribution in [3.05, 3.63) is 46.3 Å². The topological polar surface area (TPSA) is 33.7 Å². The Hall–Kier alpha value is -1.85. The molecule has 0 spiro atoms. The smallest absolute Gasteiger partial charge is 0.142 e. The molecule has 0 bridgehead atoms. The minimum Gasteiger partial charge on any atom is -0.497 e. The second-order valence-corrected chi connectivity index (χ2v) is 5.91. The van der Waals surface area contributed by atoms with E-state index in [-0.39, 0.29) is 12.4 Å². The number of rotatable bonds is 4. The average Bonchev–Trinajstić information content (AvgIpc) is 2.95. The van der Waals surface area contributed by atoms with Gasteiger partial charge in [0.1, 0.15) is 11.5 Å². The van der Waals surface area contributed by atoms with Gasteiger partial charge in [-0.3, -0.25) is 0 Å². The summed E-state index contributed by atoms with van der Waals surface area (Å²) in [5.74, 6) is 1.59. The fourth-order valence-corrected chi connectivity index (χ4v) is 3.37. The summed E-state index contributed by atoms with van der Waals surface area (Å²) < 4.78 is 10.7. The van der Waals surface area contributed by atoms with Crippen LogP contribution in [0, 0.1) is 0 Å². The van der Waals surface area contributed by atoms with Crippen LogP contribution in [0.4, 0.5) is 5.69 Å². The molecule has 2 aromatic rings. The molecule has 4 nitrogen and oxygen atoms in total. The fraction of sp³-hybridized carbons (Fsp3) is 0.250. The largest absolute Gasteiger partial charge is 0.497 e. The van der Waals surface area contributed by atoms with Crippen molar-refractivity contribution in [3.8, 4) is 11.5 Å². The van der Waals surface area contributed by atoms with Crippen molar-refractivity contribution < 1.29 is 9.47 Å². The van der Waals surface area contributed by atoms with Gasteiger partial charge < -0.3 is 19.7 Å². The van der Waals surface area contributed by atoms with E-state index in [4.69, 9.17) is 9.47 Å². The van der Waals surface area contributed by atoms with Crippen LogP contribution in [0.3, 0.4) is 0 Å². The predicted octanol–water partition coefficient (Wildman–Crippen LogP) is 4.04. The Labute approximate surface area is 140 Å². The summed E-state index contributed by atoms with van der Waals surface area (Å²) in [7, 11) is 5.41. The molecule has 0 atom stereocenters. The number of fused-ring (bicyclic) bond motifs is 1. The van der Waals surface area contributed by atoms with Gasteiger partial charge in [-0.1, -0.05) is 0 Å². The van der Waals surface area contributed by atoms with Gasteiger partial charge in [0.05, 0.1) is 32.1 Å². The van der Waals surface area contributed by atoms with Gasteiger partial charge in [-0.25, -0.2) is 0 Å². The molecular weight excluding hydrogens is 320 g/mol. The first-order valence-corrected chi connectivity index (χ1v) is 7.57. The van der Waals surface area contributed by atoms with E-state index in [9.17, 15) is 0 Å². The lowest BCUT2D eigenvalue weighted by Crippen LogP contribution is -2.18. The van der Waals surface area contributed by atoms with Crippen molar-refractivity contribution in [2.75, 3.05) is 26.6 Å². The monoisotopic (exact) mass is 338 g/mol. The molecule has 0 radical (unpaired) electrons. The number of hydrogen-bond donors (Lipinski definition) is 1. The van der Waals surface area contributed by atoms with Crippen molar-refractivity contribution in [1.82, 2.24) is 4.90 Å². The maximum absolute atomic E-state index is 5.43. The SMILES string of the molecule is COc1ccc(OC)c(NC2=CN(C)Cc3sccc32)c1.Cl. The minimum absolute atomic E-state index is 0. The molecule has 1 N–H and O–H groups in total. The number of methoxy groups -OCH3 is 2. The maximum atomic E-state index is 5.43. The first-order valence-electron chi connectivity index (χ1n) is 6.69. The van der Waals surface area contributed by atoms with Crippen molar-refractivity contribution in [1.29, 1.82) is 0 Å². The van der Waals surface area contributed by atoms with E-state index in [1.807, 2.05) is 18.2 Å². The predicted molar refractivity (Wildman–Crippen MR) is 94.2 cm³/mol. The van der Waals surface area contributed by atoms with E-state index in [1.165, 1.54) is 10.4 Å². The summed E-state index contributed by atoms with van der Waals surface area (Å²) in [6.07, 6.45) is 2.12. The number of nitrogens with zero attached hydrogens (tertiary/aromatic N) is 1. The Morgan fingerprint density at radius 3 is 2.73 bits per heavy atom. The van der Waals surface area contributed by atoms with Gasteiger partial charge in [-0.2, -0.15) is 0 Å². The third-order valence-electron chi connectivity index (χ3n) is 3.45. The molecule has 1 aliphatic rings. The van der Waals surface area contributed by atoms with E-state index < -0.39 is 0 Å². The van der Waals surface area contributed by atoms with Crippen molar-refractivity contribution >= 4 is 35.1 Å². The maximum Gasteiger partial charge on any atom is 0.142 e. The van der Waals surface area contributed by atoms with E-state index in [0.29, 0.717) is 0 Å². The van der Waals surface area contributed by atoms with Crippen LogP contribution < -0.4 is 14.8 Å². The molecule has 0 unspecified atom stereocenters. The molecular formula is C16H19ClN2O2S. The van der Waals surface area contributed by atoms with Gasteiger partial charge in [0.2, 0.25) is 0 Å². The van der Waals surface area contributed by atoms with Crippen molar-refractivity contribution in [3.63, 3.8) is 0 Å². The lowest BCUT2D eigenvalue weighted by Gasteiger charge is -2.24. The van der Waals surface area contributed by atoms with Gasteiger partial charge in [0, 0.05) is 29.8 Å². The normalized spacial score (nSPS) is 12.9. The summed E-state index contributed by atoms with van der Waals surface area (Å²) in [5, 5.41) is 5.60. The highest BCUT2D eigenvalue weighted by Gasteiger charge is 2.18. The average molecular weight is 339 g/mol. The molecule has 1 aliphatic heterocycles. The molecule has 0 saturated carbocycles. The van der Waals surface area contributed by atoms with Crippen LogP contribution in [0.5, 0.6) is 11.5 Å². The number of anilines is 1. The highest BCUT2D eigenvalue weighted by Crippen LogP contribution is 2.35. The molecule has 118 valence electrons. The Bertz CT molecular complexity index is 685. The molecule has 0 saturated heterocycles. The van der Waals surface area contributed by atoms with Crippen molar-refractivity contribution in [2.45, 2.75) is 6.54 Å². The molecule has 0 fully saturated rings. The number of thiophene rings is 1. The van der Waals surface area contributed by atoms with Gasteiger partial charge in [0.25, 0.3) is 0 Å². The van der Waals surface area contributed by atoms with E-state index >= 15 is 0 Å². The molecule has 3 rings (SSSR count). The highest BCUT2D eigenvalue weighted by atomic mass is 35.5. The van der Waals surface area contributed by atoms with Crippen molar-refractivity contribution in [2.24, 2.45) is 0 Å². The van der Waals surface area contributed by atoms with Crippen LogP contribution in [-0.4, -0.2) is 26.2 Å². The second kappa shape index (κ2) is 6.94. The van der Waals surface area contributed by atoms with Crippen LogP contribution in [-0.2, 0) is 6.54 Å². The van der Waals surface area contributed by atoms with Gasteiger partial charge in [0.15, 0.2) is 0 Å². The molecule has 2 heterocycles. The van der Waals surface area contributed by atoms with Crippen LogP contribution in [0.2, 0.25) is 0 Å². The number of benzene rings is 1. The summed E-state index contributed by atoms with van der Waals surface area (Å²) >= 11 is 1.78. The lowest BCUT2D eigenvalue weighted by molar-refractivity contribution is 0.404. The standard InChI is InChI=1S/C16H18N2O2S.ClH/c1-18-9-14(12-6-7-21-16(12)10-18)17-13-8-11(19-2)4-5-15(13)20-3;/h4-9,17H,10H2,1-3H3;1H. The number of nitrogens with one attached hydrogen (secondary N) is 1. The van der Waals surface area contributed by atoms with Crippen LogP contribution in [0.15, 0.2) is 35.8 Å². The number of ether oxygens (including phenoxy) is 2. The van der Waals surface area contributed by atoms with Gasteiger partial charge in [-0.05, 0) is 23.6 Å². The number of hydrogen-bond acceptors (Lipinski definition) is 5. The first-order chi connectivity index (χ1) is 10.2. The molecule has 0 amide bonds. The third-order valence-corrected chi connectivity index (χ3v) is 4.36. The Balaban J connectivity index is 0.00000176. The van der Waals surface area contributed by atoms with Gasteiger partial charge >= 0.3 is 0 Å². The molecule has 6 heteroatoms. The zero-order chi connectivity index (χ0) is 14.8. The lowest BCUT2D eigenvalue weighted by atomic mass is 10.1. The van der Waals surface area contributed by atoms with E-state index in [2.05, 4.69) is 34.9 Å². The number of halogens is 1. The molecule has 1 aromatic carbocycles.